The van der Waals surface area contributed by atoms with Crippen molar-refractivity contribution in [3.05, 3.63) is 24.2 Å². The number of ether oxygens (including phenoxy) is 1. The molecule has 4 rings (SSSR count). The number of nitrogens with zero attached hydrogens (tertiary/aromatic N) is 3. The van der Waals surface area contributed by atoms with E-state index >= 15 is 0 Å². The van der Waals surface area contributed by atoms with E-state index in [0.29, 0.717) is 11.3 Å². The third-order valence-corrected chi connectivity index (χ3v) is 4.39. The maximum atomic E-state index is 10.3. The van der Waals surface area contributed by atoms with Gasteiger partial charge in [0.2, 0.25) is 0 Å². The van der Waals surface area contributed by atoms with Crippen molar-refractivity contribution in [2.45, 2.75) is 30.8 Å². The number of hydrogen-bond acceptors (Lipinski definition) is 6. The number of aliphatic hydroxyl groups is 2. The number of nitrogen functional groups attached to an aromatic ring is 1. The summed E-state index contributed by atoms with van der Waals surface area (Å²) in [5, 5.41) is 24.0. The van der Waals surface area contributed by atoms with Crippen LogP contribution in [0, 0.1) is 5.92 Å². The Hall–Kier alpha value is -1.70. The molecular formula is C12H14N4O3. The standard InChI is InChI=1S/C12H14N4O3/c1-5-8(19-10-9(17)12(5,10)18)6-2-3-7-11(13)14-4-15-16(6)7/h2-5,8-10,17-18H,1H3,(H2,13,14,15). The Labute approximate surface area is 108 Å². The Morgan fingerprint density at radius 3 is 2.95 bits per heavy atom. The molecule has 0 spiro atoms. The van der Waals surface area contributed by atoms with Crippen LogP contribution >= 0.6 is 0 Å². The second kappa shape index (κ2) is 3.24. The highest BCUT2D eigenvalue weighted by Gasteiger charge is 2.75. The maximum absolute atomic E-state index is 10.3. The van der Waals surface area contributed by atoms with Crippen molar-refractivity contribution < 1.29 is 14.9 Å². The molecule has 19 heavy (non-hydrogen) atoms. The first-order valence-corrected chi connectivity index (χ1v) is 6.19. The van der Waals surface area contributed by atoms with Crippen LogP contribution in [-0.4, -0.2) is 42.6 Å². The van der Waals surface area contributed by atoms with Gasteiger partial charge in [-0.3, -0.25) is 0 Å². The lowest BCUT2D eigenvalue weighted by atomic mass is 9.95. The predicted octanol–water partition coefficient (Wildman–Crippen LogP) is -0.507. The number of hydrogen-bond donors (Lipinski definition) is 3. The molecular weight excluding hydrogens is 248 g/mol. The molecule has 2 aliphatic rings. The molecule has 4 N–H and O–H groups in total. The van der Waals surface area contributed by atoms with Gasteiger partial charge in [0.25, 0.3) is 0 Å². The van der Waals surface area contributed by atoms with Crippen LogP contribution in [0.3, 0.4) is 0 Å². The van der Waals surface area contributed by atoms with Crippen LogP contribution in [0.2, 0.25) is 0 Å². The minimum atomic E-state index is -1.13. The second-order valence-electron chi connectivity index (χ2n) is 5.30. The SMILES string of the molecule is CC1C(c2ccc3c(N)ncnn23)OC2C(O)C12O. The van der Waals surface area contributed by atoms with Crippen molar-refractivity contribution in [1.82, 2.24) is 14.6 Å². The van der Waals surface area contributed by atoms with Crippen molar-refractivity contribution in [2.75, 3.05) is 5.73 Å². The number of anilines is 1. The molecule has 2 fully saturated rings. The molecule has 1 aliphatic carbocycles. The third kappa shape index (κ3) is 1.17. The van der Waals surface area contributed by atoms with Crippen molar-refractivity contribution in [2.24, 2.45) is 5.92 Å². The van der Waals surface area contributed by atoms with Gasteiger partial charge in [-0.05, 0) is 12.1 Å². The van der Waals surface area contributed by atoms with Crippen LogP contribution < -0.4 is 5.73 Å². The van der Waals surface area contributed by atoms with E-state index in [1.807, 2.05) is 19.1 Å². The van der Waals surface area contributed by atoms with Crippen LogP contribution in [0.25, 0.3) is 5.52 Å². The molecule has 1 saturated heterocycles. The van der Waals surface area contributed by atoms with Gasteiger partial charge in [-0.15, -0.1) is 0 Å². The monoisotopic (exact) mass is 262 g/mol. The molecule has 0 amide bonds. The molecule has 1 saturated carbocycles. The molecule has 2 aromatic rings. The van der Waals surface area contributed by atoms with E-state index in [1.165, 1.54) is 6.33 Å². The van der Waals surface area contributed by atoms with E-state index in [4.69, 9.17) is 10.5 Å². The molecule has 3 heterocycles. The van der Waals surface area contributed by atoms with Gasteiger partial charge in [-0.25, -0.2) is 9.50 Å². The maximum Gasteiger partial charge on any atom is 0.151 e. The lowest BCUT2D eigenvalue weighted by molar-refractivity contribution is -0.0114. The first kappa shape index (κ1) is 11.2. The fraction of sp³-hybridized carbons (Fsp3) is 0.500. The summed E-state index contributed by atoms with van der Waals surface area (Å²) in [6.45, 7) is 1.87. The van der Waals surface area contributed by atoms with Crippen LogP contribution in [0.1, 0.15) is 18.7 Å². The normalized spacial score (nSPS) is 40.6. The molecule has 7 nitrogen and oxygen atoms in total. The topological polar surface area (TPSA) is 106 Å². The van der Waals surface area contributed by atoms with Gasteiger partial charge in [0.1, 0.15) is 35.8 Å². The van der Waals surface area contributed by atoms with Gasteiger partial charge in [0.15, 0.2) is 5.82 Å². The first-order chi connectivity index (χ1) is 9.05. The summed E-state index contributed by atoms with van der Waals surface area (Å²) in [7, 11) is 0. The van der Waals surface area contributed by atoms with Gasteiger partial charge in [-0.1, -0.05) is 6.92 Å². The molecule has 0 aromatic carbocycles. The highest BCUT2D eigenvalue weighted by molar-refractivity contribution is 5.65. The van der Waals surface area contributed by atoms with E-state index in [2.05, 4.69) is 10.1 Å². The van der Waals surface area contributed by atoms with Crippen molar-refractivity contribution in [1.29, 1.82) is 0 Å². The number of fused-ring (bicyclic) bond motifs is 2. The van der Waals surface area contributed by atoms with Crippen LogP contribution in [0.4, 0.5) is 5.82 Å². The zero-order chi connectivity index (χ0) is 13.4. The number of nitrogens with two attached hydrogens (primary N) is 1. The molecule has 5 atom stereocenters. The van der Waals surface area contributed by atoms with E-state index in [0.717, 1.165) is 5.69 Å². The molecule has 100 valence electrons. The summed E-state index contributed by atoms with van der Waals surface area (Å²) in [5.74, 6) is 0.192. The summed E-state index contributed by atoms with van der Waals surface area (Å²) in [4.78, 5) is 3.93. The molecule has 7 heteroatoms. The molecule has 1 aliphatic heterocycles. The van der Waals surface area contributed by atoms with Gasteiger partial charge >= 0.3 is 0 Å². The minimum Gasteiger partial charge on any atom is -0.387 e. The predicted molar refractivity (Wildman–Crippen MR) is 65.1 cm³/mol. The van der Waals surface area contributed by atoms with E-state index in [9.17, 15) is 10.2 Å². The van der Waals surface area contributed by atoms with Gasteiger partial charge < -0.3 is 20.7 Å². The van der Waals surface area contributed by atoms with Gasteiger partial charge in [-0.2, -0.15) is 5.10 Å². The average molecular weight is 262 g/mol. The van der Waals surface area contributed by atoms with Crippen molar-refractivity contribution >= 4 is 11.3 Å². The van der Waals surface area contributed by atoms with E-state index in [-0.39, 0.29) is 12.0 Å². The lowest BCUT2D eigenvalue weighted by Gasteiger charge is -2.21. The summed E-state index contributed by atoms with van der Waals surface area (Å²) in [5.41, 5.74) is 6.17. The Balaban J connectivity index is 1.79. The summed E-state index contributed by atoms with van der Waals surface area (Å²) < 4.78 is 7.40. The first-order valence-electron chi connectivity index (χ1n) is 6.19. The number of aliphatic hydroxyl groups excluding tert-OH is 1. The van der Waals surface area contributed by atoms with Crippen LogP contribution in [-0.2, 0) is 4.74 Å². The quantitative estimate of drug-likeness (QED) is 0.639. The molecule has 0 radical (unpaired) electrons. The van der Waals surface area contributed by atoms with Crippen LogP contribution in [0.15, 0.2) is 18.5 Å². The molecule has 2 aromatic heterocycles. The molecule has 0 bridgehead atoms. The van der Waals surface area contributed by atoms with Gasteiger partial charge in [0, 0.05) is 5.92 Å². The highest BCUT2D eigenvalue weighted by atomic mass is 16.6. The zero-order valence-corrected chi connectivity index (χ0v) is 10.3. The smallest absolute Gasteiger partial charge is 0.151 e. The van der Waals surface area contributed by atoms with E-state index < -0.39 is 17.8 Å². The fourth-order valence-corrected chi connectivity index (χ4v) is 3.09. The number of rotatable bonds is 1. The largest absolute Gasteiger partial charge is 0.387 e. The van der Waals surface area contributed by atoms with Crippen molar-refractivity contribution in [3.8, 4) is 0 Å². The fourth-order valence-electron chi connectivity index (χ4n) is 3.09. The summed E-state index contributed by atoms with van der Waals surface area (Å²) in [6, 6.07) is 3.69. The highest BCUT2D eigenvalue weighted by Crippen LogP contribution is 2.58. The Bertz CT molecular complexity index is 672. The Kier molecular flexibility index (Phi) is 1.90. The van der Waals surface area contributed by atoms with Crippen LogP contribution in [0.5, 0.6) is 0 Å². The van der Waals surface area contributed by atoms with E-state index in [1.54, 1.807) is 4.52 Å². The second-order valence-corrected chi connectivity index (χ2v) is 5.30. The average Bonchev–Trinajstić information content (AvgIpc) is 2.74. The lowest BCUT2D eigenvalue weighted by Crippen LogP contribution is -2.27. The minimum absolute atomic E-state index is 0.207. The van der Waals surface area contributed by atoms with Gasteiger partial charge in [0.05, 0.1) is 5.69 Å². The Morgan fingerprint density at radius 2 is 2.26 bits per heavy atom. The third-order valence-electron chi connectivity index (χ3n) is 4.39. The molecule has 5 unspecified atom stereocenters. The van der Waals surface area contributed by atoms with Crippen molar-refractivity contribution in [3.63, 3.8) is 0 Å². The summed E-state index contributed by atoms with van der Waals surface area (Å²) >= 11 is 0. The summed E-state index contributed by atoms with van der Waals surface area (Å²) in [6.07, 6.45) is -0.215. The zero-order valence-electron chi connectivity index (χ0n) is 10.3. The Morgan fingerprint density at radius 1 is 1.47 bits per heavy atom. The number of aromatic nitrogens is 3.